The quantitative estimate of drug-likeness (QED) is 0.752. The SMILES string of the molecule is c1ccc(SC2CN3CCC2CC3)cc1. The molecule has 0 radical (unpaired) electrons. The van der Waals surface area contributed by atoms with Crippen molar-refractivity contribution in [1.82, 2.24) is 4.90 Å². The van der Waals surface area contributed by atoms with Crippen LogP contribution in [0, 0.1) is 5.92 Å². The molecule has 3 saturated heterocycles. The minimum absolute atomic E-state index is 0.842. The lowest BCUT2D eigenvalue weighted by molar-refractivity contribution is 0.118. The molecular formula is C13H17NS. The Morgan fingerprint density at radius 1 is 1.07 bits per heavy atom. The molecule has 4 rings (SSSR count). The predicted molar refractivity (Wildman–Crippen MR) is 65.3 cm³/mol. The van der Waals surface area contributed by atoms with Gasteiger partial charge in [0.15, 0.2) is 0 Å². The summed E-state index contributed by atoms with van der Waals surface area (Å²) in [7, 11) is 0. The molecule has 15 heavy (non-hydrogen) atoms. The molecule has 1 atom stereocenters. The van der Waals surface area contributed by atoms with E-state index in [1.165, 1.54) is 37.4 Å². The Morgan fingerprint density at radius 2 is 1.80 bits per heavy atom. The van der Waals surface area contributed by atoms with E-state index in [-0.39, 0.29) is 0 Å². The highest BCUT2D eigenvalue weighted by atomic mass is 32.2. The Bertz CT molecular complexity index is 317. The zero-order valence-electron chi connectivity index (χ0n) is 8.93. The molecule has 3 aliphatic heterocycles. The van der Waals surface area contributed by atoms with Crippen molar-refractivity contribution in [2.24, 2.45) is 5.92 Å². The first-order valence-corrected chi connectivity index (χ1v) is 6.74. The summed E-state index contributed by atoms with van der Waals surface area (Å²) in [6, 6.07) is 10.9. The van der Waals surface area contributed by atoms with Crippen LogP contribution in [-0.2, 0) is 0 Å². The van der Waals surface area contributed by atoms with Crippen molar-refractivity contribution in [3.8, 4) is 0 Å². The second-order valence-corrected chi connectivity index (χ2v) is 5.92. The van der Waals surface area contributed by atoms with Crippen LogP contribution in [0.2, 0.25) is 0 Å². The van der Waals surface area contributed by atoms with Crippen molar-refractivity contribution in [2.45, 2.75) is 23.0 Å². The van der Waals surface area contributed by atoms with Crippen molar-refractivity contribution in [3.05, 3.63) is 30.3 Å². The standard InChI is InChI=1S/C13H17NS/c1-2-4-12(5-3-1)15-13-10-14-8-6-11(13)7-9-14/h1-5,11,13H,6-10H2. The Labute approximate surface area is 95.9 Å². The van der Waals surface area contributed by atoms with Crippen LogP contribution in [0.3, 0.4) is 0 Å². The molecule has 0 aliphatic carbocycles. The number of hydrogen-bond donors (Lipinski definition) is 0. The minimum Gasteiger partial charge on any atom is -0.302 e. The van der Waals surface area contributed by atoms with Gasteiger partial charge in [0.05, 0.1) is 0 Å². The van der Waals surface area contributed by atoms with Crippen LogP contribution in [-0.4, -0.2) is 29.8 Å². The molecule has 0 N–H and O–H groups in total. The average molecular weight is 219 g/mol. The van der Waals surface area contributed by atoms with Gasteiger partial charge in [-0.1, -0.05) is 18.2 Å². The van der Waals surface area contributed by atoms with Crippen molar-refractivity contribution < 1.29 is 0 Å². The maximum absolute atomic E-state index is 2.63. The smallest absolute Gasteiger partial charge is 0.0251 e. The summed E-state index contributed by atoms with van der Waals surface area (Å²) in [6.45, 7) is 4.00. The van der Waals surface area contributed by atoms with Gasteiger partial charge in [-0.25, -0.2) is 0 Å². The Kier molecular flexibility index (Phi) is 2.72. The topological polar surface area (TPSA) is 3.24 Å². The van der Waals surface area contributed by atoms with Crippen molar-refractivity contribution in [3.63, 3.8) is 0 Å². The molecule has 0 amide bonds. The van der Waals surface area contributed by atoms with Gasteiger partial charge in [-0.3, -0.25) is 0 Å². The molecule has 0 spiro atoms. The number of benzene rings is 1. The fourth-order valence-corrected chi connectivity index (χ4v) is 4.13. The lowest BCUT2D eigenvalue weighted by Crippen LogP contribution is -2.48. The predicted octanol–water partition coefficient (Wildman–Crippen LogP) is 2.87. The molecule has 0 aromatic heterocycles. The molecule has 2 bridgehead atoms. The van der Waals surface area contributed by atoms with Gasteiger partial charge < -0.3 is 4.90 Å². The summed E-state index contributed by atoms with van der Waals surface area (Å²) in [5, 5.41) is 0.842. The van der Waals surface area contributed by atoms with Crippen LogP contribution < -0.4 is 0 Å². The molecular weight excluding hydrogens is 202 g/mol. The largest absolute Gasteiger partial charge is 0.302 e. The van der Waals surface area contributed by atoms with E-state index in [1.54, 1.807) is 0 Å². The fourth-order valence-electron chi connectivity index (χ4n) is 2.72. The van der Waals surface area contributed by atoms with E-state index in [2.05, 4.69) is 47.0 Å². The second-order valence-electron chi connectivity index (χ2n) is 4.61. The molecule has 1 aromatic rings. The van der Waals surface area contributed by atoms with Gasteiger partial charge in [-0.05, 0) is 44.0 Å². The molecule has 2 heteroatoms. The number of thioether (sulfide) groups is 1. The van der Waals surface area contributed by atoms with E-state index < -0.39 is 0 Å². The van der Waals surface area contributed by atoms with Crippen LogP contribution >= 0.6 is 11.8 Å². The van der Waals surface area contributed by atoms with Crippen LogP contribution in [0.25, 0.3) is 0 Å². The van der Waals surface area contributed by atoms with Gasteiger partial charge in [0, 0.05) is 16.7 Å². The fraction of sp³-hybridized carbons (Fsp3) is 0.538. The number of rotatable bonds is 2. The molecule has 1 aromatic carbocycles. The van der Waals surface area contributed by atoms with E-state index in [0.717, 1.165) is 11.2 Å². The third-order valence-corrected chi connectivity index (χ3v) is 5.01. The lowest BCUT2D eigenvalue weighted by Gasteiger charge is -2.44. The zero-order valence-corrected chi connectivity index (χ0v) is 9.75. The van der Waals surface area contributed by atoms with Crippen LogP contribution in [0.5, 0.6) is 0 Å². The van der Waals surface area contributed by atoms with Gasteiger partial charge in [-0.15, -0.1) is 11.8 Å². The summed E-state index contributed by atoms with van der Waals surface area (Å²) in [5.74, 6) is 0.972. The molecule has 1 unspecified atom stereocenters. The average Bonchev–Trinajstić information content (AvgIpc) is 2.32. The Hall–Kier alpha value is -0.470. The number of piperidine rings is 3. The Balaban J connectivity index is 1.69. The lowest BCUT2D eigenvalue weighted by atomic mass is 9.88. The summed E-state index contributed by atoms with van der Waals surface area (Å²) in [4.78, 5) is 4.07. The highest BCUT2D eigenvalue weighted by Gasteiger charge is 2.34. The number of fused-ring (bicyclic) bond motifs is 3. The van der Waals surface area contributed by atoms with Crippen LogP contribution in [0.4, 0.5) is 0 Å². The van der Waals surface area contributed by atoms with Gasteiger partial charge >= 0.3 is 0 Å². The monoisotopic (exact) mass is 219 g/mol. The third kappa shape index (κ3) is 2.06. The molecule has 0 saturated carbocycles. The maximum Gasteiger partial charge on any atom is 0.0251 e. The van der Waals surface area contributed by atoms with Crippen molar-refractivity contribution >= 4 is 11.8 Å². The van der Waals surface area contributed by atoms with E-state index in [4.69, 9.17) is 0 Å². The zero-order chi connectivity index (χ0) is 10.1. The Morgan fingerprint density at radius 3 is 2.40 bits per heavy atom. The van der Waals surface area contributed by atoms with E-state index in [9.17, 15) is 0 Å². The first-order valence-electron chi connectivity index (χ1n) is 5.86. The van der Waals surface area contributed by atoms with Crippen molar-refractivity contribution in [2.75, 3.05) is 19.6 Å². The first-order chi connectivity index (χ1) is 7.42. The number of nitrogens with zero attached hydrogens (tertiary/aromatic N) is 1. The summed E-state index contributed by atoms with van der Waals surface area (Å²) in [6.07, 6.45) is 2.84. The van der Waals surface area contributed by atoms with Gasteiger partial charge in [-0.2, -0.15) is 0 Å². The molecule has 80 valence electrons. The third-order valence-electron chi connectivity index (χ3n) is 3.63. The first kappa shape index (κ1) is 9.73. The molecule has 3 fully saturated rings. The van der Waals surface area contributed by atoms with E-state index in [1.807, 2.05) is 0 Å². The molecule has 3 heterocycles. The summed E-state index contributed by atoms with van der Waals surface area (Å²) in [5.41, 5.74) is 0. The van der Waals surface area contributed by atoms with Gasteiger partial charge in [0.2, 0.25) is 0 Å². The second kappa shape index (κ2) is 4.18. The molecule has 1 nitrogen and oxygen atoms in total. The molecule has 3 aliphatic rings. The van der Waals surface area contributed by atoms with Gasteiger partial charge in [0.25, 0.3) is 0 Å². The van der Waals surface area contributed by atoms with Crippen LogP contribution in [0.1, 0.15) is 12.8 Å². The van der Waals surface area contributed by atoms with E-state index in [0.29, 0.717) is 0 Å². The highest BCUT2D eigenvalue weighted by Crippen LogP contribution is 2.38. The number of hydrogen-bond acceptors (Lipinski definition) is 2. The highest BCUT2D eigenvalue weighted by molar-refractivity contribution is 8.00. The van der Waals surface area contributed by atoms with Crippen LogP contribution in [0.15, 0.2) is 35.2 Å². The summed E-state index contributed by atoms with van der Waals surface area (Å²) < 4.78 is 0. The normalized spacial score (nSPS) is 34.3. The van der Waals surface area contributed by atoms with E-state index >= 15 is 0 Å². The summed E-state index contributed by atoms with van der Waals surface area (Å²) >= 11 is 2.09. The van der Waals surface area contributed by atoms with Gasteiger partial charge in [0.1, 0.15) is 0 Å². The minimum atomic E-state index is 0.842. The van der Waals surface area contributed by atoms with Crippen molar-refractivity contribution in [1.29, 1.82) is 0 Å². The maximum atomic E-state index is 2.63.